The zero-order chi connectivity index (χ0) is 15.7. The van der Waals surface area contributed by atoms with Gasteiger partial charge in [-0.1, -0.05) is 58.0 Å². The fraction of sp³-hybridized carbons (Fsp3) is 0.667. The summed E-state index contributed by atoms with van der Waals surface area (Å²) in [5.74, 6) is 1.09. The normalized spacial score (nSPS) is 13.3. The van der Waals surface area contributed by atoms with Crippen LogP contribution in [-0.2, 0) is 11.3 Å². The summed E-state index contributed by atoms with van der Waals surface area (Å²) in [6.45, 7) is 12.3. The second kappa shape index (κ2) is 9.93. The molecule has 0 aliphatic rings. The summed E-state index contributed by atoms with van der Waals surface area (Å²) in [4.78, 5) is 2.31. The SMILES string of the molecule is CC(C)COC[C@H](O)CN(Cc1ccccc1)CC(C)C. The molecule has 1 aromatic rings. The molecule has 0 fully saturated rings. The van der Waals surface area contributed by atoms with E-state index in [4.69, 9.17) is 4.74 Å². The number of benzene rings is 1. The topological polar surface area (TPSA) is 32.7 Å². The first kappa shape index (κ1) is 18.1. The molecular formula is C18H31NO2. The molecule has 0 bridgehead atoms. The molecule has 0 saturated heterocycles. The summed E-state index contributed by atoms with van der Waals surface area (Å²) in [7, 11) is 0. The highest BCUT2D eigenvalue weighted by Crippen LogP contribution is 2.08. The molecule has 1 rings (SSSR count). The van der Waals surface area contributed by atoms with E-state index in [1.165, 1.54) is 5.56 Å². The molecule has 3 nitrogen and oxygen atoms in total. The second-order valence-corrected chi connectivity index (χ2v) is 6.66. The van der Waals surface area contributed by atoms with Crippen LogP contribution < -0.4 is 0 Å². The lowest BCUT2D eigenvalue weighted by Gasteiger charge is -2.27. The molecule has 0 unspecified atom stereocenters. The van der Waals surface area contributed by atoms with E-state index >= 15 is 0 Å². The van der Waals surface area contributed by atoms with Gasteiger partial charge in [0.25, 0.3) is 0 Å². The number of nitrogens with zero attached hydrogens (tertiary/aromatic N) is 1. The van der Waals surface area contributed by atoms with Gasteiger partial charge in [0.1, 0.15) is 0 Å². The quantitative estimate of drug-likeness (QED) is 0.719. The van der Waals surface area contributed by atoms with Crippen LogP contribution in [0.5, 0.6) is 0 Å². The van der Waals surface area contributed by atoms with Crippen LogP contribution in [0.3, 0.4) is 0 Å². The van der Waals surface area contributed by atoms with Gasteiger partial charge >= 0.3 is 0 Å². The number of ether oxygens (including phenoxy) is 1. The van der Waals surface area contributed by atoms with Gasteiger partial charge in [0.2, 0.25) is 0 Å². The molecule has 1 aromatic carbocycles. The van der Waals surface area contributed by atoms with Crippen LogP contribution >= 0.6 is 0 Å². The van der Waals surface area contributed by atoms with Crippen molar-refractivity contribution in [3.63, 3.8) is 0 Å². The Balaban J connectivity index is 2.45. The molecule has 0 radical (unpaired) electrons. The van der Waals surface area contributed by atoms with Crippen molar-refractivity contribution in [2.75, 3.05) is 26.3 Å². The minimum atomic E-state index is -0.425. The van der Waals surface area contributed by atoms with E-state index in [0.29, 0.717) is 31.6 Å². The van der Waals surface area contributed by atoms with Crippen molar-refractivity contribution in [3.05, 3.63) is 35.9 Å². The third-order valence-electron chi connectivity index (χ3n) is 3.10. The summed E-state index contributed by atoms with van der Waals surface area (Å²) < 4.78 is 5.54. The summed E-state index contributed by atoms with van der Waals surface area (Å²) in [5.41, 5.74) is 1.29. The van der Waals surface area contributed by atoms with Crippen molar-refractivity contribution in [2.24, 2.45) is 11.8 Å². The van der Waals surface area contributed by atoms with Crippen LogP contribution in [0.2, 0.25) is 0 Å². The van der Waals surface area contributed by atoms with Crippen LogP contribution in [0.25, 0.3) is 0 Å². The van der Waals surface area contributed by atoms with E-state index in [-0.39, 0.29) is 0 Å². The molecule has 21 heavy (non-hydrogen) atoms. The number of aliphatic hydroxyl groups excluding tert-OH is 1. The van der Waals surface area contributed by atoms with Gasteiger partial charge in [-0.15, -0.1) is 0 Å². The number of hydrogen-bond acceptors (Lipinski definition) is 3. The maximum Gasteiger partial charge on any atom is 0.0900 e. The Hall–Kier alpha value is -0.900. The number of aliphatic hydroxyl groups is 1. The summed E-state index contributed by atoms with van der Waals surface area (Å²) in [5, 5.41) is 10.2. The molecule has 0 saturated carbocycles. The largest absolute Gasteiger partial charge is 0.389 e. The lowest BCUT2D eigenvalue weighted by Crippen LogP contribution is -2.37. The molecule has 0 aromatic heterocycles. The Morgan fingerprint density at radius 1 is 0.952 bits per heavy atom. The van der Waals surface area contributed by atoms with Gasteiger partial charge in [0, 0.05) is 26.2 Å². The van der Waals surface area contributed by atoms with Crippen molar-refractivity contribution >= 4 is 0 Å². The average molecular weight is 293 g/mol. The van der Waals surface area contributed by atoms with Crippen molar-refractivity contribution in [1.29, 1.82) is 0 Å². The molecule has 0 heterocycles. The van der Waals surface area contributed by atoms with Gasteiger partial charge in [-0.05, 0) is 17.4 Å². The van der Waals surface area contributed by atoms with Crippen molar-refractivity contribution in [3.8, 4) is 0 Å². The van der Waals surface area contributed by atoms with Gasteiger partial charge < -0.3 is 9.84 Å². The third-order valence-corrected chi connectivity index (χ3v) is 3.10. The van der Waals surface area contributed by atoms with Gasteiger partial charge in [0.15, 0.2) is 0 Å². The van der Waals surface area contributed by atoms with E-state index < -0.39 is 6.10 Å². The van der Waals surface area contributed by atoms with E-state index in [1.54, 1.807) is 0 Å². The lowest BCUT2D eigenvalue weighted by molar-refractivity contribution is 0.00523. The van der Waals surface area contributed by atoms with Crippen molar-refractivity contribution in [2.45, 2.75) is 40.3 Å². The molecule has 0 spiro atoms. The van der Waals surface area contributed by atoms with E-state index in [9.17, 15) is 5.11 Å². The Bertz CT molecular complexity index is 365. The fourth-order valence-corrected chi connectivity index (χ4v) is 2.35. The second-order valence-electron chi connectivity index (χ2n) is 6.66. The van der Waals surface area contributed by atoms with Gasteiger partial charge in [-0.2, -0.15) is 0 Å². The molecule has 1 atom stereocenters. The minimum absolute atomic E-state index is 0.418. The Morgan fingerprint density at radius 3 is 2.19 bits per heavy atom. The highest BCUT2D eigenvalue weighted by Gasteiger charge is 2.14. The van der Waals surface area contributed by atoms with Crippen molar-refractivity contribution < 1.29 is 9.84 Å². The van der Waals surface area contributed by atoms with Gasteiger partial charge in [-0.25, -0.2) is 0 Å². The van der Waals surface area contributed by atoms with E-state index in [1.807, 2.05) is 6.07 Å². The van der Waals surface area contributed by atoms with E-state index in [2.05, 4.69) is 56.9 Å². The molecule has 3 heteroatoms. The molecule has 1 N–H and O–H groups in total. The fourth-order valence-electron chi connectivity index (χ4n) is 2.35. The predicted octanol–water partition coefficient (Wildman–Crippen LogP) is 3.18. The molecule has 0 aliphatic carbocycles. The third kappa shape index (κ3) is 8.86. The summed E-state index contributed by atoms with van der Waals surface area (Å²) in [6, 6.07) is 10.4. The zero-order valence-corrected chi connectivity index (χ0v) is 14.0. The first-order valence-electron chi connectivity index (χ1n) is 7.99. The first-order valence-corrected chi connectivity index (χ1v) is 7.99. The van der Waals surface area contributed by atoms with Crippen LogP contribution in [0, 0.1) is 11.8 Å². The highest BCUT2D eigenvalue weighted by molar-refractivity contribution is 5.14. The molecule has 0 aliphatic heterocycles. The van der Waals surface area contributed by atoms with Crippen LogP contribution in [-0.4, -0.2) is 42.4 Å². The summed E-state index contributed by atoms with van der Waals surface area (Å²) in [6.07, 6.45) is -0.425. The average Bonchev–Trinajstić information content (AvgIpc) is 2.38. The maximum atomic E-state index is 10.2. The standard InChI is InChI=1S/C18H31NO2/c1-15(2)10-19(11-17-8-6-5-7-9-17)12-18(20)14-21-13-16(3)4/h5-9,15-16,18,20H,10-14H2,1-4H3/t18-/m1/s1. The van der Waals surface area contributed by atoms with Crippen LogP contribution in [0.15, 0.2) is 30.3 Å². The lowest BCUT2D eigenvalue weighted by atomic mass is 10.1. The smallest absolute Gasteiger partial charge is 0.0900 e. The maximum absolute atomic E-state index is 10.2. The van der Waals surface area contributed by atoms with Crippen LogP contribution in [0.4, 0.5) is 0 Å². The zero-order valence-electron chi connectivity index (χ0n) is 14.0. The molecule has 120 valence electrons. The molecule has 0 amide bonds. The predicted molar refractivity (Wildman–Crippen MR) is 88.2 cm³/mol. The monoisotopic (exact) mass is 293 g/mol. The highest BCUT2D eigenvalue weighted by atomic mass is 16.5. The number of hydrogen-bond donors (Lipinski definition) is 1. The van der Waals surface area contributed by atoms with Crippen molar-refractivity contribution in [1.82, 2.24) is 4.90 Å². The minimum Gasteiger partial charge on any atom is -0.389 e. The van der Waals surface area contributed by atoms with Crippen LogP contribution in [0.1, 0.15) is 33.3 Å². The molecular weight excluding hydrogens is 262 g/mol. The Labute approximate surface area is 129 Å². The Kier molecular flexibility index (Phi) is 8.58. The Morgan fingerprint density at radius 2 is 1.62 bits per heavy atom. The van der Waals surface area contributed by atoms with Gasteiger partial charge in [-0.3, -0.25) is 4.90 Å². The summed E-state index contributed by atoms with van der Waals surface area (Å²) >= 11 is 0. The van der Waals surface area contributed by atoms with E-state index in [0.717, 1.165) is 13.1 Å². The number of rotatable bonds is 10. The van der Waals surface area contributed by atoms with Gasteiger partial charge in [0.05, 0.1) is 12.7 Å². The first-order chi connectivity index (χ1) is 9.97.